The lowest BCUT2D eigenvalue weighted by molar-refractivity contribution is 0.0177. The summed E-state index contributed by atoms with van der Waals surface area (Å²) < 4.78 is 2.38. The molecule has 0 saturated carbocycles. The summed E-state index contributed by atoms with van der Waals surface area (Å²) in [7, 11) is 0. The van der Waals surface area contributed by atoms with E-state index in [-0.39, 0.29) is 18.8 Å². The van der Waals surface area contributed by atoms with Gasteiger partial charge in [0.1, 0.15) is 0 Å². The van der Waals surface area contributed by atoms with Crippen LogP contribution >= 0.6 is 0 Å². The van der Waals surface area contributed by atoms with Crippen LogP contribution in [0.1, 0.15) is 38.2 Å². The second kappa shape index (κ2) is 11.3. The van der Waals surface area contributed by atoms with Crippen molar-refractivity contribution in [3.8, 4) is 0 Å². The molecule has 5 nitrogen and oxygen atoms in total. The molecule has 30 heavy (non-hydrogen) atoms. The number of fused-ring (bicyclic) bond motifs is 1. The molecule has 1 aromatic rings. The first-order chi connectivity index (χ1) is 14.7. The van der Waals surface area contributed by atoms with E-state index in [2.05, 4.69) is 45.8 Å². The quantitative estimate of drug-likeness (QED) is 0.510. The van der Waals surface area contributed by atoms with E-state index in [0.29, 0.717) is 6.42 Å². The van der Waals surface area contributed by atoms with Crippen LogP contribution in [0.5, 0.6) is 0 Å². The number of aliphatic hydroxyl groups is 2. The Balaban J connectivity index is 1.66. The molecule has 1 saturated heterocycles. The summed E-state index contributed by atoms with van der Waals surface area (Å²) in [6, 6.07) is 0.0780. The van der Waals surface area contributed by atoms with Crippen LogP contribution in [0, 0.1) is 0 Å². The van der Waals surface area contributed by atoms with Gasteiger partial charge in [-0.3, -0.25) is 4.90 Å². The maximum Gasteiger partial charge on any atom is 0.0587 e. The van der Waals surface area contributed by atoms with Gasteiger partial charge in [-0.05, 0) is 55.9 Å². The molecule has 5 heteroatoms. The van der Waals surface area contributed by atoms with E-state index in [0.717, 1.165) is 57.6 Å². The van der Waals surface area contributed by atoms with Gasteiger partial charge in [-0.1, -0.05) is 37.0 Å². The highest BCUT2D eigenvalue weighted by atomic mass is 16.3. The van der Waals surface area contributed by atoms with Gasteiger partial charge in [0.25, 0.3) is 0 Å². The summed E-state index contributed by atoms with van der Waals surface area (Å²) in [6.45, 7) is 9.45. The van der Waals surface area contributed by atoms with Gasteiger partial charge < -0.3 is 20.1 Å². The number of hydrogen-bond donors (Lipinski definition) is 3. The molecule has 0 bridgehead atoms. The minimum atomic E-state index is -0.272. The molecule has 0 aromatic carbocycles. The van der Waals surface area contributed by atoms with Crippen LogP contribution in [0.15, 0.2) is 42.8 Å². The van der Waals surface area contributed by atoms with E-state index in [1.165, 1.54) is 16.1 Å². The predicted molar refractivity (Wildman–Crippen MR) is 124 cm³/mol. The second-order valence-electron chi connectivity index (χ2n) is 8.20. The third kappa shape index (κ3) is 5.75. The van der Waals surface area contributed by atoms with Crippen molar-refractivity contribution in [2.24, 2.45) is 0 Å². The normalized spacial score (nSPS) is 22.4. The molecule has 3 rings (SSSR count). The first kappa shape index (κ1) is 22.6. The van der Waals surface area contributed by atoms with Crippen LogP contribution in [-0.2, 0) is 13.0 Å². The summed E-state index contributed by atoms with van der Waals surface area (Å²) in [5, 5.41) is 25.8. The summed E-state index contributed by atoms with van der Waals surface area (Å²) in [5.41, 5.74) is 2.50. The van der Waals surface area contributed by atoms with Crippen LogP contribution in [0.25, 0.3) is 12.2 Å². The lowest BCUT2D eigenvalue weighted by atomic mass is 9.99. The second-order valence-corrected chi connectivity index (χ2v) is 8.20. The molecule has 2 atom stereocenters. The third-order valence-electron chi connectivity index (χ3n) is 6.19. The first-order valence-corrected chi connectivity index (χ1v) is 11.3. The van der Waals surface area contributed by atoms with Crippen LogP contribution in [0.3, 0.4) is 0 Å². The van der Waals surface area contributed by atoms with Crippen molar-refractivity contribution in [1.82, 2.24) is 14.8 Å². The molecule has 1 aromatic heterocycles. The highest BCUT2D eigenvalue weighted by Crippen LogP contribution is 2.17. The van der Waals surface area contributed by atoms with E-state index in [1.54, 1.807) is 6.08 Å². The minimum Gasteiger partial charge on any atom is -0.395 e. The fourth-order valence-corrected chi connectivity index (χ4v) is 4.52. The van der Waals surface area contributed by atoms with Crippen LogP contribution in [0.4, 0.5) is 0 Å². The standard InChI is InChI=1S/C25H37N3O2/c1-3-5-8-21(4-2)26-13-16-28-18-20(24-9-6-7-10-25(24)28)11-14-27-15-12-23(30)17-22(27)19-29/h3-5,8-10,18,22-23,26,29-30H,1,6-7,11-17,19H2,2H3/b8-5-,21-4+. The predicted octanol–water partition coefficient (Wildman–Crippen LogP) is 1.44. The monoisotopic (exact) mass is 411 g/mol. The molecule has 0 amide bonds. The molecule has 2 aliphatic rings. The number of piperidine rings is 1. The molecule has 0 radical (unpaired) electrons. The number of rotatable bonds is 10. The number of aliphatic hydroxyl groups excluding tert-OH is 2. The van der Waals surface area contributed by atoms with Crippen molar-refractivity contribution >= 4 is 12.2 Å². The first-order valence-electron chi connectivity index (χ1n) is 11.3. The average molecular weight is 412 g/mol. The SMILES string of the molecule is C=C/C=C\C(=C/C)NCCn1cc(CCN2CCC(O)CC2CO)c2c1=CCCC=2. The van der Waals surface area contributed by atoms with Crippen molar-refractivity contribution in [2.45, 2.75) is 57.7 Å². The van der Waals surface area contributed by atoms with E-state index in [4.69, 9.17) is 0 Å². The Hall–Kier alpha value is -2.08. The van der Waals surface area contributed by atoms with Crippen LogP contribution in [-0.4, -0.2) is 58.1 Å². The molecular weight excluding hydrogens is 374 g/mol. The van der Waals surface area contributed by atoms with Gasteiger partial charge in [0.05, 0.1) is 12.7 Å². The highest BCUT2D eigenvalue weighted by molar-refractivity contribution is 5.40. The smallest absolute Gasteiger partial charge is 0.0587 e. The molecule has 0 spiro atoms. The van der Waals surface area contributed by atoms with Gasteiger partial charge in [-0.2, -0.15) is 0 Å². The van der Waals surface area contributed by atoms with Crippen LogP contribution < -0.4 is 15.9 Å². The number of likely N-dealkylation sites (tertiary alicyclic amines) is 1. The average Bonchev–Trinajstić information content (AvgIpc) is 3.13. The van der Waals surface area contributed by atoms with E-state index in [9.17, 15) is 10.2 Å². The molecular formula is C25H37N3O2. The molecule has 1 fully saturated rings. The number of allylic oxidation sites excluding steroid dienone is 4. The lowest BCUT2D eigenvalue weighted by Gasteiger charge is -2.36. The van der Waals surface area contributed by atoms with Crippen molar-refractivity contribution in [3.05, 3.63) is 58.9 Å². The highest BCUT2D eigenvalue weighted by Gasteiger charge is 2.26. The summed E-state index contributed by atoms with van der Waals surface area (Å²) in [5.74, 6) is 0. The van der Waals surface area contributed by atoms with Crippen molar-refractivity contribution in [3.63, 3.8) is 0 Å². The molecule has 3 N–H and O–H groups in total. The fraction of sp³-hybridized carbons (Fsp3) is 0.520. The van der Waals surface area contributed by atoms with Gasteiger partial charge in [-0.15, -0.1) is 0 Å². The maximum atomic E-state index is 9.89. The minimum absolute atomic E-state index is 0.0780. The fourth-order valence-electron chi connectivity index (χ4n) is 4.52. The Labute approximate surface area is 180 Å². The summed E-state index contributed by atoms with van der Waals surface area (Å²) in [6.07, 6.45) is 19.3. The number of hydrogen-bond acceptors (Lipinski definition) is 4. The lowest BCUT2D eigenvalue weighted by Crippen LogP contribution is -2.47. The number of nitrogens with one attached hydrogen (secondary N) is 1. The van der Waals surface area contributed by atoms with Crippen LogP contribution in [0.2, 0.25) is 0 Å². The van der Waals surface area contributed by atoms with Gasteiger partial charge in [0, 0.05) is 49.5 Å². The van der Waals surface area contributed by atoms with Gasteiger partial charge in [-0.25, -0.2) is 0 Å². The maximum absolute atomic E-state index is 9.89. The molecule has 1 aliphatic carbocycles. The van der Waals surface area contributed by atoms with Crippen molar-refractivity contribution in [2.75, 3.05) is 26.2 Å². The Morgan fingerprint density at radius 3 is 2.90 bits per heavy atom. The zero-order chi connectivity index (χ0) is 21.3. The Morgan fingerprint density at radius 1 is 1.30 bits per heavy atom. The third-order valence-corrected chi connectivity index (χ3v) is 6.19. The number of aromatic nitrogens is 1. The Morgan fingerprint density at radius 2 is 2.13 bits per heavy atom. The van der Waals surface area contributed by atoms with Crippen molar-refractivity contribution in [1.29, 1.82) is 0 Å². The molecule has 1 aliphatic heterocycles. The van der Waals surface area contributed by atoms with E-state index in [1.807, 2.05) is 19.1 Å². The van der Waals surface area contributed by atoms with Gasteiger partial charge in [0.15, 0.2) is 0 Å². The van der Waals surface area contributed by atoms with E-state index < -0.39 is 0 Å². The Bertz CT molecular complexity index is 881. The summed E-state index contributed by atoms with van der Waals surface area (Å²) >= 11 is 0. The van der Waals surface area contributed by atoms with Gasteiger partial charge >= 0.3 is 0 Å². The zero-order valence-electron chi connectivity index (χ0n) is 18.3. The Kier molecular flexibility index (Phi) is 8.55. The molecule has 2 unspecified atom stereocenters. The van der Waals surface area contributed by atoms with Gasteiger partial charge in [0.2, 0.25) is 0 Å². The zero-order valence-corrected chi connectivity index (χ0v) is 18.3. The topological polar surface area (TPSA) is 60.7 Å². The molecule has 2 heterocycles. The summed E-state index contributed by atoms with van der Waals surface area (Å²) in [4.78, 5) is 2.34. The molecule has 164 valence electrons. The largest absolute Gasteiger partial charge is 0.395 e. The van der Waals surface area contributed by atoms with Crippen molar-refractivity contribution < 1.29 is 10.2 Å². The van der Waals surface area contributed by atoms with E-state index >= 15 is 0 Å². The number of nitrogens with zero attached hydrogens (tertiary/aromatic N) is 2.